The van der Waals surface area contributed by atoms with Gasteiger partial charge in [0.25, 0.3) is 0 Å². The molecule has 252 valence electrons. The first-order valence-electron chi connectivity index (χ1n) is 16.2. The lowest BCUT2D eigenvalue weighted by Crippen LogP contribution is -2.37. The Labute approximate surface area is 281 Å². The van der Waals surface area contributed by atoms with E-state index in [1.165, 1.54) is 12.1 Å². The standard InChI is InChI=1S/C37H35F2N5O5/c1-36(2,3)49-35(47)43-30-24(23-7-4-10-27(38)29(23)39)13-14-28(31-25(30)8-5-15-40-31)48-34(46)42-22-12-11-20-18-37(19-21(20)17-22)26-9-6-16-41-32(26)44-33(37)45/h4-12,15-17,24,28,30H,13-14,18-19H2,1-3H3,(H,42,46)(H,43,47)(H,41,44,45)/t24-,28+,30-,37?/m0/s1. The Balaban J connectivity index is 1.13. The van der Waals surface area contributed by atoms with Crippen molar-refractivity contribution in [3.63, 3.8) is 0 Å². The Morgan fingerprint density at radius 2 is 1.67 bits per heavy atom. The zero-order valence-electron chi connectivity index (χ0n) is 27.2. The van der Waals surface area contributed by atoms with Crippen molar-refractivity contribution in [3.05, 3.63) is 118 Å². The van der Waals surface area contributed by atoms with Crippen LogP contribution in [-0.2, 0) is 32.5 Å². The first kappa shape index (κ1) is 32.2. The number of hydrogen-bond acceptors (Lipinski definition) is 7. The number of aromatic nitrogens is 2. The molecule has 0 radical (unpaired) electrons. The SMILES string of the molecule is CC(C)(C)OC(=O)N[C@@H]1c2cccnc2[C@H](OC(=O)Nc2ccc3c(c2)CC2(C3)C(=O)Nc3ncccc32)CC[C@H]1c1cccc(F)c1F. The molecule has 3 heterocycles. The number of nitrogens with zero attached hydrogens (tertiary/aromatic N) is 2. The van der Waals surface area contributed by atoms with E-state index in [1.54, 1.807) is 51.4 Å². The Hall–Kier alpha value is -5.39. The molecule has 0 fully saturated rings. The van der Waals surface area contributed by atoms with Crippen molar-refractivity contribution in [2.24, 2.45) is 0 Å². The number of nitrogens with one attached hydrogen (secondary N) is 3. The molecule has 1 spiro atoms. The van der Waals surface area contributed by atoms with Crippen LogP contribution >= 0.6 is 0 Å². The number of ether oxygens (including phenoxy) is 2. The molecule has 2 aliphatic carbocycles. The quantitative estimate of drug-likeness (QED) is 0.197. The average Bonchev–Trinajstić information content (AvgIpc) is 3.52. The van der Waals surface area contributed by atoms with Crippen LogP contribution in [0.4, 0.5) is 29.9 Å². The van der Waals surface area contributed by atoms with Gasteiger partial charge in [0.2, 0.25) is 5.91 Å². The van der Waals surface area contributed by atoms with Gasteiger partial charge >= 0.3 is 12.2 Å². The molecule has 10 nitrogen and oxygen atoms in total. The molecule has 0 saturated heterocycles. The van der Waals surface area contributed by atoms with E-state index in [-0.39, 0.29) is 24.3 Å². The summed E-state index contributed by atoms with van der Waals surface area (Å²) in [5.41, 5.74) is 2.69. The predicted octanol–water partition coefficient (Wildman–Crippen LogP) is 7.18. The third kappa shape index (κ3) is 6.07. The molecular weight excluding hydrogens is 632 g/mol. The van der Waals surface area contributed by atoms with Crippen LogP contribution in [0.2, 0.25) is 0 Å². The molecule has 2 aromatic carbocycles. The fourth-order valence-electron chi connectivity index (χ4n) is 7.30. The summed E-state index contributed by atoms with van der Waals surface area (Å²) < 4.78 is 41.2. The maximum Gasteiger partial charge on any atom is 0.412 e. The van der Waals surface area contributed by atoms with Gasteiger partial charge < -0.3 is 20.1 Å². The van der Waals surface area contributed by atoms with E-state index in [2.05, 4.69) is 25.9 Å². The smallest absolute Gasteiger partial charge is 0.412 e. The van der Waals surface area contributed by atoms with Gasteiger partial charge in [-0.25, -0.2) is 23.4 Å². The molecule has 3 N–H and O–H groups in total. The van der Waals surface area contributed by atoms with Crippen LogP contribution in [0.3, 0.4) is 0 Å². The first-order valence-corrected chi connectivity index (χ1v) is 16.2. The second-order valence-electron chi connectivity index (χ2n) is 13.7. The van der Waals surface area contributed by atoms with Crippen LogP contribution in [-0.4, -0.2) is 33.7 Å². The molecule has 49 heavy (non-hydrogen) atoms. The molecule has 3 aliphatic rings. The van der Waals surface area contributed by atoms with Gasteiger partial charge in [0, 0.05) is 35.1 Å². The second kappa shape index (κ2) is 12.2. The third-order valence-electron chi connectivity index (χ3n) is 9.38. The van der Waals surface area contributed by atoms with Crippen molar-refractivity contribution in [2.45, 2.75) is 75.5 Å². The summed E-state index contributed by atoms with van der Waals surface area (Å²) in [4.78, 5) is 48.4. The maximum atomic E-state index is 15.3. The number of halogens is 2. The molecule has 4 aromatic rings. The maximum absolute atomic E-state index is 15.3. The van der Waals surface area contributed by atoms with Crippen LogP contribution < -0.4 is 16.0 Å². The lowest BCUT2D eigenvalue weighted by atomic mass is 9.79. The van der Waals surface area contributed by atoms with E-state index >= 15 is 4.39 Å². The fraction of sp³-hybridized carbons (Fsp3) is 0.324. The minimum Gasteiger partial charge on any atom is -0.444 e. The van der Waals surface area contributed by atoms with Gasteiger partial charge in [-0.15, -0.1) is 0 Å². The second-order valence-corrected chi connectivity index (χ2v) is 13.7. The highest BCUT2D eigenvalue weighted by molar-refractivity contribution is 6.06. The first-order chi connectivity index (χ1) is 23.4. The summed E-state index contributed by atoms with van der Waals surface area (Å²) in [5.74, 6) is -2.28. The van der Waals surface area contributed by atoms with Crippen molar-refractivity contribution < 1.29 is 32.6 Å². The predicted molar refractivity (Wildman–Crippen MR) is 176 cm³/mol. The fourth-order valence-corrected chi connectivity index (χ4v) is 7.30. The third-order valence-corrected chi connectivity index (χ3v) is 9.38. The van der Waals surface area contributed by atoms with Crippen molar-refractivity contribution >= 4 is 29.6 Å². The van der Waals surface area contributed by atoms with Crippen LogP contribution in [0, 0.1) is 11.6 Å². The Morgan fingerprint density at radius 1 is 0.918 bits per heavy atom. The summed E-state index contributed by atoms with van der Waals surface area (Å²) in [6.45, 7) is 5.17. The number of carbonyl (C=O) groups excluding carboxylic acids is 3. The van der Waals surface area contributed by atoms with Gasteiger partial charge in [-0.05, 0) is 93.5 Å². The topological polar surface area (TPSA) is 132 Å². The molecule has 7 rings (SSSR count). The van der Waals surface area contributed by atoms with Gasteiger partial charge in [-0.3, -0.25) is 15.1 Å². The van der Waals surface area contributed by atoms with E-state index in [0.717, 1.165) is 22.8 Å². The number of hydrogen-bond donors (Lipinski definition) is 3. The van der Waals surface area contributed by atoms with Gasteiger partial charge in [0.1, 0.15) is 17.5 Å². The van der Waals surface area contributed by atoms with E-state index in [0.29, 0.717) is 35.6 Å². The highest BCUT2D eigenvalue weighted by Gasteiger charge is 2.51. The Bertz CT molecular complexity index is 1980. The summed E-state index contributed by atoms with van der Waals surface area (Å²) in [7, 11) is 0. The number of amides is 3. The van der Waals surface area contributed by atoms with Crippen molar-refractivity contribution in [1.82, 2.24) is 15.3 Å². The summed E-state index contributed by atoms with van der Waals surface area (Å²) in [6, 6.07) is 15.7. The number of pyridine rings is 2. The highest BCUT2D eigenvalue weighted by atomic mass is 19.2. The number of fused-ring (bicyclic) bond motifs is 4. The van der Waals surface area contributed by atoms with Crippen LogP contribution in [0.25, 0.3) is 0 Å². The van der Waals surface area contributed by atoms with E-state index in [1.807, 2.05) is 24.3 Å². The highest BCUT2D eigenvalue weighted by Crippen LogP contribution is 2.47. The number of anilines is 2. The summed E-state index contributed by atoms with van der Waals surface area (Å²) in [5, 5.41) is 8.56. The lowest BCUT2D eigenvalue weighted by Gasteiger charge is -2.29. The van der Waals surface area contributed by atoms with Gasteiger partial charge in [-0.2, -0.15) is 0 Å². The lowest BCUT2D eigenvalue weighted by molar-refractivity contribution is -0.120. The summed E-state index contributed by atoms with van der Waals surface area (Å²) in [6.07, 6.45) is 2.25. The molecule has 0 saturated carbocycles. The number of benzene rings is 2. The minimum absolute atomic E-state index is 0.0752. The van der Waals surface area contributed by atoms with Crippen molar-refractivity contribution in [1.29, 1.82) is 0 Å². The number of alkyl carbamates (subject to hydrolysis) is 1. The van der Waals surface area contributed by atoms with Crippen LogP contribution in [0.5, 0.6) is 0 Å². The van der Waals surface area contributed by atoms with Gasteiger partial charge in [0.05, 0.1) is 17.2 Å². The Morgan fingerprint density at radius 3 is 2.49 bits per heavy atom. The van der Waals surface area contributed by atoms with Crippen LogP contribution in [0.15, 0.2) is 73.1 Å². The van der Waals surface area contributed by atoms with Crippen molar-refractivity contribution in [2.75, 3.05) is 10.6 Å². The minimum atomic E-state index is -1.01. The Kier molecular flexibility index (Phi) is 8.04. The number of rotatable bonds is 4. The zero-order valence-corrected chi connectivity index (χ0v) is 27.2. The van der Waals surface area contributed by atoms with Crippen LogP contribution in [0.1, 0.15) is 85.2 Å². The largest absolute Gasteiger partial charge is 0.444 e. The van der Waals surface area contributed by atoms with Gasteiger partial charge in [-0.1, -0.05) is 30.3 Å². The normalized spacial score (nSPS) is 22.3. The average molecular weight is 668 g/mol. The molecule has 1 aliphatic heterocycles. The molecule has 2 aromatic heterocycles. The zero-order chi connectivity index (χ0) is 34.5. The molecule has 4 atom stereocenters. The van der Waals surface area contributed by atoms with Crippen molar-refractivity contribution in [3.8, 4) is 0 Å². The number of carbonyl (C=O) groups is 3. The monoisotopic (exact) mass is 667 g/mol. The van der Waals surface area contributed by atoms with E-state index < -0.39 is 52.9 Å². The van der Waals surface area contributed by atoms with E-state index in [9.17, 15) is 18.8 Å². The van der Waals surface area contributed by atoms with Gasteiger partial charge in [0.15, 0.2) is 11.6 Å². The molecule has 0 bridgehead atoms. The molecule has 12 heteroatoms. The summed E-state index contributed by atoms with van der Waals surface area (Å²) >= 11 is 0. The molecule has 3 amide bonds. The molecular formula is C37H35F2N5O5. The molecule has 1 unspecified atom stereocenters. The van der Waals surface area contributed by atoms with E-state index in [4.69, 9.17) is 9.47 Å².